The summed E-state index contributed by atoms with van der Waals surface area (Å²) in [5.74, 6) is 2.60. The number of nitrogens with one attached hydrogen (secondary N) is 1. The molecule has 3 nitrogen and oxygen atoms in total. The topological polar surface area (TPSA) is 33.6 Å². The van der Waals surface area contributed by atoms with E-state index in [1.165, 1.54) is 38.9 Å². The monoisotopic (exact) mass is 716 g/mol. The molecule has 2 heterocycles. The van der Waals surface area contributed by atoms with E-state index in [2.05, 4.69) is 212 Å². The lowest BCUT2D eigenvalue weighted by molar-refractivity contribution is 0.436. The summed E-state index contributed by atoms with van der Waals surface area (Å²) in [4.78, 5) is 5.35. The highest BCUT2D eigenvalue weighted by molar-refractivity contribution is 6.05. The molecule has 2 aliphatic heterocycles. The number of amidine groups is 1. The Labute approximate surface area is 327 Å². The molecule has 3 aliphatic rings. The molecule has 56 heavy (non-hydrogen) atoms. The SMILES string of the molecule is C1=C(c2ccccc2-c2ccccc2)N=C(c2cccc(-c3ccc4c(c3)Oc3ccccc3C43c4ccccc4-c4ccccc43)c2)NC1c1ccccc1. The summed E-state index contributed by atoms with van der Waals surface area (Å²) in [6.07, 6.45) is 2.25. The van der Waals surface area contributed by atoms with Crippen molar-refractivity contribution in [2.24, 2.45) is 4.99 Å². The van der Waals surface area contributed by atoms with E-state index in [9.17, 15) is 0 Å². The normalized spacial score (nSPS) is 15.6. The first-order chi connectivity index (χ1) is 27.8. The van der Waals surface area contributed by atoms with Crippen molar-refractivity contribution in [3.8, 4) is 44.9 Å². The zero-order valence-electron chi connectivity index (χ0n) is 30.6. The summed E-state index contributed by atoms with van der Waals surface area (Å²) in [5.41, 5.74) is 15.7. The van der Waals surface area contributed by atoms with Gasteiger partial charge in [0, 0.05) is 22.3 Å². The fourth-order valence-corrected chi connectivity index (χ4v) is 9.14. The molecule has 0 saturated heterocycles. The molecule has 3 heteroatoms. The lowest BCUT2D eigenvalue weighted by Gasteiger charge is -2.39. The van der Waals surface area contributed by atoms with E-state index in [0.717, 1.165) is 56.4 Å². The molecule has 8 aromatic rings. The molecular formula is C53H36N2O. The van der Waals surface area contributed by atoms with Crippen LogP contribution in [-0.2, 0) is 5.41 Å². The maximum absolute atomic E-state index is 6.83. The second kappa shape index (κ2) is 13.0. The zero-order chi connectivity index (χ0) is 37.1. The Morgan fingerprint density at radius 1 is 0.411 bits per heavy atom. The average Bonchev–Trinajstić information content (AvgIpc) is 3.57. The van der Waals surface area contributed by atoms with Crippen LogP contribution < -0.4 is 10.1 Å². The summed E-state index contributed by atoms with van der Waals surface area (Å²) in [7, 11) is 0. The minimum Gasteiger partial charge on any atom is -0.457 e. The van der Waals surface area contributed by atoms with Crippen LogP contribution in [0.1, 0.15) is 45.0 Å². The van der Waals surface area contributed by atoms with Gasteiger partial charge >= 0.3 is 0 Å². The Hall–Kier alpha value is -7.23. The van der Waals surface area contributed by atoms with E-state index >= 15 is 0 Å². The summed E-state index contributed by atoms with van der Waals surface area (Å²) in [5, 5.41) is 3.79. The lowest BCUT2D eigenvalue weighted by Crippen LogP contribution is -2.32. The third-order valence-corrected chi connectivity index (χ3v) is 11.6. The number of ether oxygens (including phenoxy) is 1. The Morgan fingerprint density at radius 3 is 1.71 bits per heavy atom. The number of aliphatic imine (C=N–C) groups is 1. The molecular weight excluding hydrogens is 681 g/mol. The molecule has 11 rings (SSSR count). The van der Waals surface area contributed by atoms with Crippen molar-refractivity contribution in [1.29, 1.82) is 0 Å². The molecule has 8 aromatic carbocycles. The van der Waals surface area contributed by atoms with E-state index in [1.807, 2.05) is 0 Å². The molecule has 1 unspecified atom stereocenters. The summed E-state index contributed by atoms with van der Waals surface area (Å²) < 4.78 is 6.83. The highest BCUT2D eigenvalue weighted by atomic mass is 16.5. The molecule has 0 saturated carbocycles. The highest BCUT2D eigenvalue weighted by Crippen LogP contribution is 2.62. The van der Waals surface area contributed by atoms with E-state index in [4.69, 9.17) is 9.73 Å². The third kappa shape index (κ3) is 5.02. The maximum atomic E-state index is 6.83. The molecule has 0 radical (unpaired) electrons. The van der Waals surface area contributed by atoms with Crippen LogP contribution in [0.4, 0.5) is 0 Å². The first-order valence-corrected chi connectivity index (χ1v) is 19.2. The van der Waals surface area contributed by atoms with Crippen LogP contribution in [0.2, 0.25) is 0 Å². The van der Waals surface area contributed by atoms with Gasteiger partial charge in [0.15, 0.2) is 0 Å². The van der Waals surface area contributed by atoms with Gasteiger partial charge in [-0.25, -0.2) is 4.99 Å². The van der Waals surface area contributed by atoms with Crippen LogP contribution in [0.15, 0.2) is 211 Å². The standard InChI is InChI=1S/C53H36N2O/c1-3-16-35(17-4-1)40-22-7-8-25-43(40)49-34-48(36-18-5-2-6-19-36)54-52(55-49)39-21-15-20-37(32-39)38-30-31-47-51(33-38)56-50-29-14-13-28-46(50)53(47)44-26-11-9-23-41(44)42-24-10-12-27-45(42)53/h1-34,48H,(H,54,55). The van der Waals surface area contributed by atoms with Gasteiger partial charge in [0.1, 0.15) is 17.3 Å². The van der Waals surface area contributed by atoms with Gasteiger partial charge < -0.3 is 10.1 Å². The number of rotatable bonds is 5. The van der Waals surface area contributed by atoms with Gasteiger partial charge in [0.25, 0.3) is 0 Å². The number of hydrogen-bond acceptors (Lipinski definition) is 3. The summed E-state index contributed by atoms with van der Waals surface area (Å²) in [6.45, 7) is 0. The van der Waals surface area contributed by atoms with E-state index in [-0.39, 0.29) is 6.04 Å². The molecule has 264 valence electrons. The number of fused-ring (bicyclic) bond motifs is 9. The van der Waals surface area contributed by atoms with Crippen LogP contribution in [0.25, 0.3) is 39.1 Å². The van der Waals surface area contributed by atoms with E-state index in [0.29, 0.717) is 0 Å². The van der Waals surface area contributed by atoms with Crippen molar-refractivity contribution in [2.45, 2.75) is 11.5 Å². The van der Waals surface area contributed by atoms with Crippen molar-refractivity contribution in [3.63, 3.8) is 0 Å². The van der Waals surface area contributed by atoms with Crippen molar-refractivity contribution in [1.82, 2.24) is 5.32 Å². The van der Waals surface area contributed by atoms with Gasteiger partial charge in [-0.3, -0.25) is 0 Å². The third-order valence-electron chi connectivity index (χ3n) is 11.6. The van der Waals surface area contributed by atoms with Gasteiger partial charge in [-0.1, -0.05) is 182 Å². The molecule has 1 atom stereocenters. The van der Waals surface area contributed by atoms with Crippen molar-refractivity contribution >= 4 is 11.5 Å². The van der Waals surface area contributed by atoms with Crippen LogP contribution in [-0.4, -0.2) is 5.84 Å². The number of hydrogen-bond donors (Lipinski definition) is 1. The molecule has 1 aliphatic carbocycles. The predicted molar refractivity (Wildman–Crippen MR) is 228 cm³/mol. The molecule has 0 amide bonds. The molecule has 1 spiro atoms. The first-order valence-electron chi connectivity index (χ1n) is 19.2. The van der Waals surface area contributed by atoms with Gasteiger partial charge in [-0.15, -0.1) is 0 Å². The summed E-state index contributed by atoms with van der Waals surface area (Å²) in [6, 6.07) is 71.4. The van der Waals surface area contributed by atoms with Crippen LogP contribution in [0.3, 0.4) is 0 Å². The number of para-hydroxylation sites is 1. The Bertz CT molecular complexity index is 2830. The predicted octanol–water partition coefficient (Wildman–Crippen LogP) is 12.6. The first kappa shape index (κ1) is 32.2. The quantitative estimate of drug-likeness (QED) is 0.192. The maximum Gasteiger partial charge on any atom is 0.134 e. The molecule has 1 N–H and O–H groups in total. The van der Waals surface area contributed by atoms with E-state index < -0.39 is 5.41 Å². The minimum absolute atomic E-state index is 0.0586. The van der Waals surface area contributed by atoms with Crippen LogP contribution >= 0.6 is 0 Å². The Morgan fingerprint density at radius 2 is 0.964 bits per heavy atom. The number of nitrogens with zero attached hydrogens (tertiary/aromatic N) is 1. The second-order valence-corrected chi connectivity index (χ2v) is 14.7. The van der Waals surface area contributed by atoms with Gasteiger partial charge in [0.2, 0.25) is 0 Å². The Balaban J connectivity index is 1.03. The summed E-state index contributed by atoms with van der Waals surface area (Å²) >= 11 is 0. The van der Waals surface area contributed by atoms with Gasteiger partial charge in [0.05, 0.1) is 17.2 Å². The number of benzene rings is 8. The Kier molecular flexibility index (Phi) is 7.46. The fraction of sp³-hybridized carbons (Fsp3) is 0.0377. The van der Waals surface area contributed by atoms with Gasteiger partial charge in [-0.2, -0.15) is 0 Å². The molecule has 0 fully saturated rings. The zero-order valence-corrected chi connectivity index (χ0v) is 30.6. The van der Waals surface area contributed by atoms with Crippen LogP contribution in [0, 0.1) is 0 Å². The minimum atomic E-state index is -0.482. The van der Waals surface area contributed by atoms with Crippen molar-refractivity contribution < 1.29 is 4.74 Å². The second-order valence-electron chi connectivity index (χ2n) is 14.7. The van der Waals surface area contributed by atoms with Crippen molar-refractivity contribution in [2.75, 3.05) is 0 Å². The molecule has 0 bridgehead atoms. The smallest absolute Gasteiger partial charge is 0.134 e. The van der Waals surface area contributed by atoms with E-state index in [1.54, 1.807) is 0 Å². The lowest BCUT2D eigenvalue weighted by atomic mass is 9.66. The highest BCUT2D eigenvalue weighted by Gasteiger charge is 2.50. The average molecular weight is 717 g/mol. The largest absolute Gasteiger partial charge is 0.457 e. The van der Waals surface area contributed by atoms with Crippen molar-refractivity contribution in [3.05, 3.63) is 245 Å². The van der Waals surface area contributed by atoms with Crippen LogP contribution in [0.5, 0.6) is 11.5 Å². The fourth-order valence-electron chi connectivity index (χ4n) is 9.14. The molecule has 0 aromatic heterocycles. The van der Waals surface area contributed by atoms with Gasteiger partial charge in [-0.05, 0) is 74.3 Å².